The summed E-state index contributed by atoms with van der Waals surface area (Å²) in [7, 11) is 0. The number of nitrogens with two attached hydrogens (primary N) is 1. The normalized spacial score (nSPS) is 13.3. The summed E-state index contributed by atoms with van der Waals surface area (Å²) in [5.74, 6) is 0.485. The molecule has 7 heteroatoms. The maximum absolute atomic E-state index is 11.9. The Morgan fingerprint density at radius 2 is 2.05 bits per heavy atom. The highest BCUT2D eigenvalue weighted by Gasteiger charge is 2.27. The summed E-state index contributed by atoms with van der Waals surface area (Å²) in [6, 6.07) is 5.25. The molecular formula is C13H17BrF3NO2. The maximum atomic E-state index is 11.9. The van der Waals surface area contributed by atoms with Crippen molar-refractivity contribution in [3.8, 4) is 5.75 Å². The molecule has 0 aliphatic heterocycles. The molecule has 114 valence electrons. The van der Waals surface area contributed by atoms with E-state index in [4.69, 9.17) is 10.5 Å². The fourth-order valence-corrected chi connectivity index (χ4v) is 1.95. The van der Waals surface area contributed by atoms with Crippen LogP contribution >= 0.6 is 15.9 Å². The Hall–Kier alpha value is -0.790. The zero-order chi connectivity index (χ0) is 15.2. The molecule has 0 saturated heterocycles. The third kappa shape index (κ3) is 6.58. The minimum Gasteiger partial charge on any atom is -0.467 e. The second-order valence-corrected chi connectivity index (χ2v) is 5.27. The van der Waals surface area contributed by atoms with Crippen molar-refractivity contribution in [3.05, 3.63) is 28.2 Å². The van der Waals surface area contributed by atoms with E-state index in [1.165, 1.54) is 0 Å². The Kier molecular flexibility index (Phi) is 6.78. The molecule has 0 radical (unpaired) electrons. The number of benzene rings is 1. The Bertz CT molecular complexity index is 427. The SMILES string of the molecule is CCC(N)Cc1cc(Br)ccc1OCOCC(F)(F)F. The molecular weight excluding hydrogens is 339 g/mol. The molecule has 0 aliphatic rings. The van der Waals surface area contributed by atoms with Gasteiger partial charge < -0.3 is 15.2 Å². The first-order valence-corrected chi connectivity index (χ1v) is 6.92. The second-order valence-electron chi connectivity index (χ2n) is 4.35. The Balaban J connectivity index is 2.60. The van der Waals surface area contributed by atoms with Gasteiger partial charge in [0.1, 0.15) is 12.4 Å². The summed E-state index contributed by atoms with van der Waals surface area (Å²) in [6.07, 6.45) is -2.96. The van der Waals surface area contributed by atoms with E-state index in [0.29, 0.717) is 12.2 Å². The lowest BCUT2D eigenvalue weighted by atomic mass is 10.0. The first-order valence-electron chi connectivity index (χ1n) is 6.13. The molecule has 2 N–H and O–H groups in total. The minimum atomic E-state index is -4.35. The fourth-order valence-electron chi connectivity index (χ4n) is 1.54. The minimum absolute atomic E-state index is 0.0252. The number of ether oxygens (including phenoxy) is 2. The average molecular weight is 356 g/mol. The van der Waals surface area contributed by atoms with Gasteiger partial charge in [-0.15, -0.1) is 0 Å². The molecule has 0 aliphatic carbocycles. The van der Waals surface area contributed by atoms with Crippen molar-refractivity contribution in [2.45, 2.75) is 32.0 Å². The van der Waals surface area contributed by atoms with Crippen LogP contribution < -0.4 is 10.5 Å². The highest BCUT2D eigenvalue weighted by atomic mass is 79.9. The van der Waals surface area contributed by atoms with Crippen molar-refractivity contribution in [1.29, 1.82) is 0 Å². The molecule has 0 saturated carbocycles. The number of rotatable bonds is 7. The molecule has 0 fully saturated rings. The van der Waals surface area contributed by atoms with Crippen LogP contribution in [0, 0.1) is 0 Å². The van der Waals surface area contributed by atoms with Crippen LogP contribution in [0.25, 0.3) is 0 Å². The van der Waals surface area contributed by atoms with Crippen LogP contribution in [0.4, 0.5) is 13.2 Å². The fraction of sp³-hybridized carbons (Fsp3) is 0.538. The maximum Gasteiger partial charge on any atom is 0.411 e. The Labute approximate surface area is 124 Å². The van der Waals surface area contributed by atoms with E-state index in [-0.39, 0.29) is 6.04 Å². The largest absolute Gasteiger partial charge is 0.467 e. The van der Waals surface area contributed by atoms with E-state index in [1.54, 1.807) is 12.1 Å². The van der Waals surface area contributed by atoms with Crippen LogP contribution in [0.1, 0.15) is 18.9 Å². The molecule has 1 rings (SSSR count). The lowest BCUT2D eigenvalue weighted by molar-refractivity contribution is -0.186. The van der Waals surface area contributed by atoms with E-state index in [2.05, 4.69) is 20.7 Å². The van der Waals surface area contributed by atoms with Gasteiger partial charge >= 0.3 is 6.18 Å². The number of hydrogen-bond acceptors (Lipinski definition) is 3. The van der Waals surface area contributed by atoms with E-state index in [0.717, 1.165) is 16.5 Å². The zero-order valence-corrected chi connectivity index (χ0v) is 12.6. The summed E-state index contributed by atoms with van der Waals surface area (Å²) in [5.41, 5.74) is 6.72. The molecule has 0 amide bonds. The van der Waals surface area contributed by atoms with Crippen molar-refractivity contribution in [2.24, 2.45) is 5.73 Å². The van der Waals surface area contributed by atoms with Crippen molar-refractivity contribution < 1.29 is 22.6 Å². The molecule has 1 unspecified atom stereocenters. The Morgan fingerprint density at radius 1 is 1.35 bits per heavy atom. The van der Waals surface area contributed by atoms with Crippen LogP contribution in [0.2, 0.25) is 0 Å². The molecule has 3 nitrogen and oxygen atoms in total. The predicted molar refractivity (Wildman–Crippen MR) is 73.6 cm³/mol. The monoisotopic (exact) mass is 355 g/mol. The van der Waals surface area contributed by atoms with Crippen molar-refractivity contribution in [2.75, 3.05) is 13.4 Å². The van der Waals surface area contributed by atoms with Crippen LogP contribution in [-0.2, 0) is 11.2 Å². The summed E-state index contributed by atoms with van der Waals surface area (Å²) in [5, 5.41) is 0. The van der Waals surface area contributed by atoms with Gasteiger partial charge in [-0.1, -0.05) is 22.9 Å². The van der Waals surface area contributed by atoms with Crippen molar-refractivity contribution in [3.63, 3.8) is 0 Å². The molecule has 1 aromatic rings. The standard InChI is InChI=1S/C13H17BrF3NO2/c1-2-11(18)6-9-5-10(14)3-4-12(9)20-8-19-7-13(15,16)17/h3-5,11H,2,6-8,18H2,1H3. The van der Waals surface area contributed by atoms with E-state index >= 15 is 0 Å². The second kappa shape index (κ2) is 7.85. The molecule has 1 aromatic carbocycles. The molecule has 0 spiro atoms. The van der Waals surface area contributed by atoms with E-state index in [9.17, 15) is 13.2 Å². The van der Waals surface area contributed by atoms with Gasteiger partial charge in [0.2, 0.25) is 0 Å². The van der Waals surface area contributed by atoms with Crippen LogP contribution in [0.15, 0.2) is 22.7 Å². The van der Waals surface area contributed by atoms with Crippen LogP contribution in [0.3, 0.4) is 0 Å². The predicted octanol–water partition coefficient (Wildman–Crippen LogP) is 3.64. The third-order valence-corrected chi connectivity index (χ3v) is 3.09. The smallest absolute Gasteiger partial charge is 0.411 e. The van der Waals surface area contributed by atoms with Gasteiger partial charge in [-0.05, 0) is 36.6 Å². The third-order valence-electron chi connectivity index (χ3n) is 2.59. The number of hydrogen-bond donors (Lipinski definition) is 1. The van der Waals surface area contributed by atoms with Gasteiger partial charge in [0.05, 0.1) is 0 Å². The molecule has 0 heterocycles. The summed E-state index contributed by atoms with van der Waals surface area (Å²) in [4.78, 5) is 0. The quantitative estimate of drug-likeness (QED) is 0.599. The van der Waals surface area contributed by atoms with Crippen molar-refractivity contribution in [1.82, 2.24) is 0 Å². The number of halogens is 4. The lowest BCUT2D eigenvalue weighted by Crippen LogP contribution is -2.22. The molecule has 1 atom stereocenters. The summed E-state index contributed by atoms with van der Waals surface area (Å²) >= 11 is 3.34. The highest BCUT2D eigenvalue weighted by molar-refractivity contribution is 9.10. The van der Waals surface area contributed by atoms with E-state index < -0.39 is 19.6 Å². The van der Waals surface area contributed by atoms with Crippen LogP contribution in [0.5, 0.6) is 5.75 Å². The topological polar surface area (TPSA) is 44.5 Å². The number of alkyl halides is 3. The van der Waals surface area contributed by atoms with Gasteiger partial charge in [0, 0.05) is 10.5 Å². The molecule has 0 bridgehead atoms. The van der Waals surface area contributed by atoms with Gasteiger partial charge in [0.25, 0.3) is 0 Å². The highest BCUT2D eigenvalue weighted by Crippen LogP contribution is 2.25. The van der Waals surface area contributed by atoms with Gasteiger partial charge in [-0.25, -0.2) is 0 Å². The molecule has 20 heavy (non-hydrogen) atoms. The molecule has 0 aromatic heterocycles. The van der Waals surface area contributed by atoms with Crippen molar-refractivity contribution >= 4 is 15.9 Å². The first-order chi connectivity index (χ1) is 9.31. The lowest BCUT2D eigenvalue weighted by Gasteiger charge is -2.15. The van der Waals surface area contributed by atoms with Gasteiger partial charge in [-0.2, -0.15) is 13.2 Å². The Morgan fingerprint density at radius 3 is 2.65 bits per heavy atom. The average Bonchev–Trinajstić information content (AvgIpc) is 2.35. The zero-order valence-electron chi connectivity index (χ0n) is 11.0. The first kappa shape index (κ1) is 17.3. The van der Waals surface area contributed by atoms with Gasteiger partial charge in [-0.3, -0.25) is 0 Å². The van der Waals surface area contributed by atoms with Gasteiger partial charge in [0.15, 0.2) is 6.79 Å². The summed E-state index contributed by atoms with van der Waals surface area (Å²) in [6.45, 7) is 0.193. The summed E-state index contributed by atoms with van der Waals surface area (Å²) < 4.78 is 46.3. The van der Waals surface area contributed by atoms with Crippen LogP contribution in [-0.4, -0.2) is 25.6 Å². The van der Waals surface area contributed by atoms with E-state index in [1.807, 2.05) is 13.0 Å².